The summed E-state index contributed by atoms with van der Waals surface area (Å²) in [5, 5.41) is 0. The van der Waals surface area contributed by atoms with Crippen LogP contribution in [0.1, 0.15) is 23.2 Å². The number of likely N-dealkylation sites (N-methyl/N-ethyl adjacent to an activating group) is 1. The molecule has 0 aliphatic carbocycles. The highest BCUT2D eigenvalue weighted by atomic mass is 32.2. The molecule has 1 saturated heterocycles. The first-order chi connectivity index (χ1) is 14.9. The number of hydrogen-bond acceptors (Lipinski definition) is 6. The number of para-hydroxylation sites is 2. The van der Waals surface area contributed by atoms with E-state index in [1.165, 1.54) is 10.4 Å². The molecule has 0 N–H and O–H groups in total. The molecule has 1 fully saturated rings. The molecule has 0 spiro atoms. The van der Waals surface area contributed by atoms with E-state index in [4.69, 9.17) is 9.97 Å². The van der Waals surface area contributed by atoms with Gasteiger partial charge in [0.05, 0.1) is 15.9 Å². The summed E-state index contributed by atoms with van der Waals surface area (Å²) in [5.41, 5.74) is 1.80. The summed E-state index contributed by atoms with van der Waals surface area (Å²) >= 11 is 0. The van der Waals surface area contributed by atoms with Gasteiger partial charge in [0, 0.05) is 38.8 Å². The average molecular weight is 438 g/mol. The number of carbonyl (C=O) groups excluding carboxylic acids is 1. The summed E-state index contributed by atoms with van der Waals surface area (Å²) in [4.78, 5) is 26.6. The molecule has 0 bridgehead atoms. The van der Waals surface area contributed by atoms with E-state index < -0.39 is 10.0 Å². The number of fused-ring (bicyclic) bond motifs is 2. The lowest BCUT2D eigenvalue weighted by Gasteiger charge is -2.33. The first kappa shape index (κ1) is 19.9. The fourth-order valence-electron chi connectivity index (χ4n) is 4.10. The number of sulfonamides is 1. The zero-order valence-corrected chi connectivity index (χ0v) is 18.0. The third-order valence-corrected chi connectivity index (χ3v) is 7.73. The lowest BCUT2D eigenvalue weighted by molar-refractivity contribution is 0.0985. The molecule has 0 saturated carbocycles. The standard InChI is InChI=1S/C22H23N5O3S/c1-25-13-14-27(21-20(25)23-18-9-2-3-10-19(18)24-21)22(28)16-7-6-8-17(15-16)31(29,30)26-11-4-5-12-26/h2-3,6-10,15H,4-5,11-14H2,1H3. The van der Waals surface area contributed by atoms with Crippen LogP contribution in [0.15, 0.2) is 53.4 Å². The molecule has 31 heavy (non-hydrogen) atoms. The van der Waals surface area contributed by atoms with Crippen LogP contribution in [0, 0.1) is 0 Å². The summed E-state index contributed by atoms with van der Waals surface area (Å²) in [6.07, 6.45) is 1.73. The molecule has 2 aliphatic rings. The fourth-order valence-corrected chi connectivity index (χ4v) is 5.66. The van der Waals surface area contributed by atoms with Crippen LogP contribution in [-0.2, 0) is 10.0 Å². The molecule has 3 heterocycles. The Balaban J connectivity index is 1.53. The lowest BCUT2D eigenvalue weighted by atomic mass is 10.2. The van der Waals surface area contributed by atoms with Crippen molar-refractivity contribution in [3.8, 4) is 0 Å². The van der Waals surface area contributed by atoms with Gasteiger partial charge in [0.15, 0.2) is 11.6 Å². The number of hydrogen-bond donors (Lipinski definition) is 0. The first-order valence-corrected chi connectivity index (χ1v) is 11.8. The molecule has 2 aromatic carbocycles. The third kappa shape index (κ3) is 3.43. The van der Waals surface area contributed by atoms with Crippen LogP contribution >= 0.6 is 0 Å². The molecule has 5 rings (SSSR count). The molecular weight excluding hydrogens is 414 g/mol. The van der Waals surface area contributed by atoms with Gasteiger partial charge in [-0.25, -0.2) is 18.4 Å². The number of anilines is 2. The lowest BCUT2D eigenvalue weighted by Crippen LogP contribution is -2.43. The van der Waals surface area contributed by atoms with Crippen LogP contribution in [0.2, 0.25) is 0 Å². The van der Waals surface area contributed by atoms with E-state index >= 15 is 0 Å². The Morgan fingerprint density at radius 3 is 2.26 bits per heavy atom. The van der Waals surface area contributed by atoms with E-state index in [0.29, 0.717) is 48.9 Å². The maximum atomic E-state index is 13.4. The summed E-state index contributed by atoms with van der Waals surface area (Å²) in [5.74, 6) is 0.849. The van der Waals surface area contributed by atoms with Crippen molar-refractivity contribution in [1.82, 2.24) is 14.3 Å². The van der Waals surface area contributed by atoms with Gasteiger partial charge in [-0.15, -0.1) is 0 Å². The van der Waals surface area contributed by atoms with Gasteiger partial charge in [0.2, 0.25) is 10.0 Å². The Morgan fingerprint density at radius 2 is 1.55 bits per heavy atom. The Labute approximate surface area is 181 Å². The van der Waals surface area contributed by atoms with Crippen molar-refractivity contribution in [3.63, 3.8) is 0 Å². The molecule has 0 atom stereocenters. The largest absolute Gasteiger partial charge is 0.355 e. The Morgan fingerprint density at radius 1 is 0.871 bits per heavy atom. The molecule has 160 valence electrons. The molecule has 0 unspecified atom stereocenters. The topological polar surface area (TPSA) is 86.7 Å². The van der Waals surface area contributed by atoms with E-state index in [0.717, 1.165) is 18.4 Å². The van der Waals surface area contributed by atoms with Crippen molar-refractivity contribution in [1.29, 1.82) is 0 Å². The maximum Gasteiger partial charge on any atom is 0.259 e. The van der Waals surface area contributed by atoms with Gasteiger partial charge in [-0.1, -0.05) is 18.2 Å². The number of benzene rings is 2. The van der Waals surface area contributed by atoms with Crippen LogP contribution in [0.4, 0.5) is 11.6 Å². The van der Waals surface area contributed by atoms with Gasteiger partial charge in [-0.05, 0) is 43.2 Å². The highest BCUT2D eigenvalue weighted by Gasteiger charge is 2.31. The van der Waals surface area contributed by atoms with Gasteiger partial charge in [-0.2, -0.15) is 4.31 Å². The van der Waals surface area contributed by atoms with Gasteiger partial charge >= 0.3 is 0 Å². The van der Waals surface area contributed by atoms with Crippen LogP contribution < -0.4 is 9.80 Å². The van der Waals surface area contributed by atoms with Crippen LogP contribution in [0.5, 0.6) is 0 Å². The average Bonchev–Trinajstić information content (AvgIpc) is 3.34. The molecule has 3 aromatic rings. The van der Waals surface area contributed by atoms with E-state index in [1.54, 1.807) is 23.1 Å². The van der Waals surface area contributed by atoms with Gasteiger partial charge in [-0.3, -0.25) is 9.69 Å². The van der Waals surface area contributed by atoms with E-state index in [9.17, 15) is 13.2 Å². The maximum absolute atomic E-state index is 13.4. The summed E-state index contributed by atoms with van der Waals surface area (Å²) in [7, 11) is -1.67. The highest BCUT2D eigenvalue weighted by Crippen LogP contribution is 2.32. The number of aromatic nitrogens is 2. The second kappa shape index (κ2) is 7.58. The Kier molecular flexibility index (Phi) is 4.86. The normalized spacial score (nSPS) is 17.2. The summed E-state index contributed by atoms with van der Waals surface area (Å²) in [6.45, 7) is 2.10. The molecular formula is C22H23N5O3S. The van der Waals surface area contributed by atoms with E-state index in [-0.39, 0.29) is 10.8 Å². The molecule has 1 aromatic heterocycles. The quantitative estimate of drug-likeness (QED) is 0.626. The van der Waals surface area contributed by atoms with Crippen molar-refractivity contribution in [2.24, 2.45) is 0 Å². The number of carbonyl (C=O) groups is 1. The van der Waals surface area contributed by atoms with Crippen LogP contribution in [0.3, 0.4) is 0 Å². The third-order valence-electron chi connectivity index (χ3n) is 5.84. The number of nitrogens with zero attached hydrogens (tertiary/aromatic N) is 5. The van der Waals surface area contributed by atoms with Crippen molar-refractivity contribution in [2.75, 3.05) is 43.0 Å². The molecule has 8 nitrogen and oxygen atoms in total. The predicted molar refractivity (Wildman–Crippen MR) is 119 cm³/mol. The minimum Gasteiger partial charge on any atom is -0.355 e. The highest BCUT2D eigenvalue weighted by molar-refractivity contribution is 7.89. The molecule has 0 radical (unpaired) electrons. The number of rotatable bonds is 3. The van der Waals surface area contributed by atoms with Gasteiger partial charge in [0.1, 0.15) is 0 Å². The predicted octanol–water partition coefficient (Wildman–Crippen LogP) is 2.51. The molecule has 2 aliphatic heterocycles. The van der Waals surface area contributed by atoms with Gasteiger partial charge < -0.3 is 4.90 Å². The van der Waals surface area contributed by atoms with Crippen molar-refractivity contribution in [3.05, 3.63) is 54.1 Å². The molecule has 1 amide bonds. The van der Waals surface area contributed by atoms with E-state index in [1.807, 2.05) is 36.2 Å². The second-order valence-corrected chi connectivity index (χ2v) is 9.81. The van der Waals surface area contributed by atoms with Crippen molar-refractivity contribution in [2.45, 2.75) is 17.7 Å². The Hall–Kier alpha value is -3.04. The van der Waals surface area contributed by atoms with Gasteiger partial charge in [0.25, 0.3) is 5.91 Å². The summed E-state index contributed by atoms with van der Waals surface area (Å²) in [6, 6.07) is 13.8. The minimum atomic E-state index is -3.60. The minimum absolute atomic E-state index is 0.152. The van der Waals surface area contributed by atoms with Crippen molar-refractivity contribution >= 4 is 38.6 Å². The zero-order valence-electron chi connectivity index (χ0n) is 17.2. The van der Waals surface area contributed by atoms with Crippen LogP contribution in [-0.4, -0.2) is 61.8 Å². The van der Waals surface area contributed by atoms with Crippen molar-refractivity contribution < 1.29 is 13.2 Å². The van der Waals surface area contributed by atoms with E-state index in [2.05, 4.69) is 0 Å². The SMILES string of the molecule is CN1CCN(C(=O)c2cccc(S(=O)(=O)N3CCCC3)c2)c2nc3ccccc3nc21. The Bertz CT molecular complexity index is 1270. The zero-order chi connectivity index (χ0) is 21.6. The second-order valence-electron chi connectivity index (χ2n) is 7.88. The summed E-state index contributed by atoms with van der Waals surface area (Å²) < 4.78 is 27.4. The fraction of sp³-hybridized carbons (Fsp3) is 0.318. The van der Waals surface area contributed by atoms with Crippen LogP contribution in [0.25, 0.3) is 11.0 Å². The first-order valence-electron chi connectivity index (χ1n) is 10.4. The smallest absolute Gasteiger partial charge is 0.259 e. The number of amides is 1. The molecule has 9 heteroatoms. The monoisotopic (exact) mass is 437 g/mol.